The van der Waals surface area contributed by atoms with E-state index in [4.69, 9.17) is 4.42 Å². The Balaban J connectivity index is 2.28. The van der Waals surface area contributed by atoms with E-state index in [1.54, 1.807) is 6.20 Å². The highest BCUT2D eigenvalue weighted by Gasteiger charge is 2.09. The Morgan fingerprint density at radius 1 is 1.71 bits per heavy atom. The van der Waals surface area contributed by atoms with Gasteiger partial charge in [-0.3, -0.25) is 0 Å². The lowest BCUT2D eigenvalue weighted by molar-refractivity contribution is 0.402. The van der Waals surface area contributed by atoms with Gasteiger partial charge in [-0.15, -0.1) is 6.58 Å². The summed E-state index contributed by atoms with van der Waals surface area (Å²) in [5.41, 5.74) is 0. The predicted molar refractivity (Wildman–Crippen MR) is 57.1 cm³/mol. The van der Waals surface area contributed by atoms with Crippen molar-refractivity contribution in [1.82, 2.24) is 10.3 Å². The first kappa shape index (κ1) is 11.0. The summed E-state index contributed by atoms with van der Waals surface area (Å²) in [6.45, 7) is 8.61. The molecule has 0 fully saturated rings. The molecular weight excluding hydrogens is 176 g/mol. The van der Waals surface area contributed by atoms with Crippen molar-refractivity contribution in [2.24, 2.45) is 0 Å². The molecule has 3 heteroatoms. The second-order valence-corrected chi connectivity index (χ2v) is 3.42. The minimum Gasteiger partial charge on any atom is -0.444 e. The Labute approximate surface area is 85.2 Å². The molecule has 0 amide bonds. The van der Waals surface area contributed by atoms with E-state index < -0.39 is 0 Å². The number of allylic oxidation sites excluding steroid dienone is 1. The summed E-state index contributed by atoms with van der Waals surface area (Å²) in [7, 11) is 0. The summed E-state index contributed by atoms with van der Waals surface area (Å²) in [5.74, 6) is 1.63. The van der Waals surface area contributed by atoms with Crippen molar-refractivity contribution >= 4 is 0 Å². The summed E-state index contributed by atoms with van der Waals surface area (Å²) in [4.78, 5) is 4.17. The van der Waals surface area contributed by atoms with Crippen LogP contribution in [0.5, 0.6) is 0 Å². The number of hydrogen-bond acceptors (Lipinski definition) is 3. The molecule has 1 unspecified atom stereocenters. The number of nitrogens with one attached hydrogen (secondary N) is 1. The first-order valence-corrected chi connectivity index (χ1v) is 5.00. The van der Waals surface area contributed by atoms with Crippen LogP contribution in [0, 0.1) is 6.92 Å². The van der Waals surface area contributed by atoms with Crippen molar-refractivity contribution in [3.05, 3.63) is 30.5 Å². The van der Waals surface area contributed by atoms with Gasteiger partial charge in [0.05, 0.1) is 12.2 Å². The van der Waals surface area contributed by atoms with Crippen LogP contribution in [0.3, 0.4) is 0 Å². The van der Waals surface area contributed by atoms with Crippen LogP contribution in [0.15, 0.2) is 23.3 Å². The van der Waals surface area contributed by atoms with Crippen molar-refractivity contribution in [1.29, 1.82) is 0 Å². The molecule has 0 aliphatic carbocycles. The SMILES string of the molecule is C=CCCCNC(C)c1ncc(C)o1. The van der Waals surface area contributed by atoms with E-state index in [9.17, 15) is 0 Å². The van der Waals surface area contributed by atoms with Gasteiger partial charge in [0.15, 0.2) is 0 Å². The maximum Gasteiger partial charge on any atom is 0.211 e. The highest BCUT2D eigenvalue weighted by molar-refractivity contribution is 4.94. The van der Waals surface area contributed by atoms with Crippen LogP contribution in [-0.4, -0.2) is 11.5 Å². The van der Waals surface area contributed by atoms with E-state index in [0.29, 0.717) is 0 Å². The molecule has 0 bridgehead atoms. The van der Waals surface area contributed by atoms with Gasteiger partial charge >= 0.3 is 0 Å². The van der Waals surface area contributed by atoms with Crippen LogP contribution in [0.2, 0.25) is 0 Å². The van der Waals surface area contributed by atoms with Crippen LogP contribution in [0.4, 0.5) is 0 Å². The summed E-state index contributed by atoms with van der Waals surface area (Å²) < 4.78 is 5.41. The molecule has 1 heterocycles. The Hall–Kier alpha value is -1.09. The third-order valence-corrected chi connectivity index (χ3v) is 2.05. The molecule has 0 spiro atoms. The summed E-state index contributed by atoms with van der Waals surface area (Å²) >= 11 is 0. The number of oxazole rings is 1. The van der Waals surface area contributed by atoms with Crippen LogP contribution in [-0.2, 0) is 0 Å². The summed E-state index contributed by atoms with van der Waals surface area (Å²) in [6, 6.07) is 0.188. The van der Waals surface area contributed by atoms with Crippen molar-refractivity contribution in [2.75, 3.05) is 6.54 Å². The van der Waals surface area contributed by atoms with E-state index >= 15 is 0 Å². The quantitative estimate of drug-likeness (QED) is 0.558. The lowest BCUT2D eigenvalue weighted by Gasteiger charge is -2.08. The molecule has 0 aliphatic rings. The third-order valence-electron chi connectivity index (χ3n) is 2.05. The molecule has 1 atom stereocenters. The van der Waals surface area contributed by atoms with Gasteiger partial charge < -0.3 is 9.73 Å². The largest absolute Gasteiger partial charge is 0.444 e. The van der Waals surface area contributed by atoms with Crippen molar-refractivity contribution < 1.29 is 4.42 Å². The predicted octanol–water partition coefficient (Wildman–Crippen LogP) is 2.60. The number of aryl methyl sites for hydroxylation is 1. The van der Waals surface area contributed by atoms with Crippen LogP contribution >= 0.6 is 0 Å². The second kappa shape index (κ2) is 5.60. The Kier molecular flexibility index (Phi) is 4.40. The topological polar surface area (TPSA) is 38.1 Å². The van der Waals surface area contributed by atoms with Crippen molar-refractivity contribution in [2.45, 2.75) is 32.7 Å². The average Bonchev–Trinajstić information content (AvgIpc) is 2.59. The Bertz CT molecular complexity index is 281. The van der Waals surface area contributed by atoms with Crippen LogP contribution in [0.25, 0.3) is 0 Å². The Morgan fingerprint density at radius 2 is 2.50 bits per heavy atom. The van der Waals surface area contributed by atoms with Crippen LogP contribution < -0.4 is 5.32 Å². The first-order valence-electron chi connectivity index (χ1n) is 5.00. The zero-order valence-electron chi connectivity index (χ0n) is 8.92. The third kappa shape index (κ3) is 3.34. The molecule has 3 nitrogen and oxygen atoms in total. The smallest absolute Gasteiger partial charge is 0.211 e. The minimum atomic E-state index is 0.188. The molecule has 1 aromatic heterocycles. The van der Waals surface area contributed by atoms with E-state index in [0.717, 1.165) is 31.0 Å². The lowest BCUT2D eigenvalue weighted by atomic mass is 10.3. The lowest BCUT2D eigenvalue weighted by Crippen LogP contribution is -2.19. The second-order valence-electron chi connectivity index (χ2n) is 3.42. The number of hydrogen-bond donors (Lipinski definition) is 1. The van der Waals surface area contributed by atoms with Crippen molar-refractivity contribution in [3.8, 4) is 0 Å². The molecule has 1 rings (SSSR count). The molecule has 0 saturated heterocycles. The molecule has 0 aromatic carbocycles. The molecule has 1 N–H and O–H groups in total. The van der Waals surface area contributed by atoms with Gasteiger partial charge in [0.25, 0.3) is 0 Å². The van der Waals surface area contributed by atoms with Gasteiger partial charge in [0.2, 0.25) is 5.89 Å². The number of aromatic nitrogens is 1. The van der Waals surface area contributed by atoms with E-state index in [1.807, 2.05) is 13.0 Å². The van der Waals surface area contributed by atoms with Gasteiger partial charge in [-0.1, -0.05) is 6.08 Å². The highest BCUT2D eigenvalue weighted by Crippen LogP contribution is 2.11. The van der Waals surface area contributed by atoms with Gasteiger partial charge in [-0.2, -0.15) is 0 Å². The maximum atomic E-state index is 5.41. The van der Waals surface area contributed by atoms with E-state index in [-0.39, 0.29) is 6.04 Å². The molecule has 78 valence electrons. The maximum absolute atomic E-state index is 5.41. The zero-order valence-corrected chi connectivity index (χ0v) is 8.92. The molecule has 0 saturated carbocycles. The molecule has 1 aromatic rings. The molecule has 0 radical (unpaired) electrons. The fourth-order valence-electron chi connectivity index (χ4n) is 1.22. The molecule has 14 heavy (non-hydrogen) atoms. The van der Waals surface area contributed by atoms with Crippen LogP contribution in [0.1, 0.15) is 37.5 Å². The molecule has 0 aliphatic heterocycles. The zero-order chi connectivity index (χ0) is 10.4. The highest BCUT2D eigenvalue weighted by atomic mass is 16.4. The summed E-state index contributed by atoms with van der Waals surface area (Å²) in [5, 5.41) is 3.34. The minimum absolute atomic E-state index is 0.188. The van der Waals surface area contributed by atoms with Crippen molar-refractivity contribution in [3.63, 3.8) is 0 Å². The number of nitrogens with zero attached hydrogens (tertiary/aromatic N) is 1. The number of rotatable bonds is 6. The van der Waals surface area contributed by atoms with E-state index in [2.05, 4.69) is 23.8 Å². The van der Waals surface area contributed by atoms with Gasteiger partial charge in [-0.25, -0.2) is 4.98 Å². The summed E-state index contributed by atoms with van der Waals surface area (Å²) in [6.07, 6.45) is 5.83. The standard InChI is InChI=1S/C11H18N2O/c1-4-5-6-7-12-10(3)11-13-8-9(2)14-11/h4,8,10,12H,1,5-7H2,2-3H3. The van der Waals surface area contributed by atoms with Gasteiger partial charge in [0, 0.05) is 0 Å². The fourth-order valence-corrected chi connectivity index (χ4v) is 1.22. The van der Waals surface area contributed by atoms with Gasteiger partial charge in [-0.05, 0) is 33.2 Å². The Morgan fingerprint density at radius 3 is 3.07 bits per heavy atom. The average molecular weight is 194 g/mol. The monoisotopic (exact) mass is 194 g/mol. The normalized spacial score (nSPS) is 12.7. The van der Waals surface area contributed by atoms with Gasteiger partial charge in [0.1, 0.15) is 5.76 Å². The van der Waals surface area contributed by atoms with E-state index in [1.165, 1.54) is 0 Å². The number of unbranched alkanes of at least 4 members (excludes halogenated alkanes) is 1. The fraction of sp³-hybridized carbons (Fsp3) is 0.545. The first-order chi connectivity index (χ1) is 6.74. The molecular formula is C11H18N2O.